The number of nitro benzene ring substituents is 1. The number of ether oxygens (including phenoxy) is 4. The Labute approximate surface area is 493 Å². The first-order chi connectivity index (χ1) is 37.4. The number of fused-ring (bicyclic) bond motifs is 2. The minimum Gasteiger partial charge on any atom is -1.00 e. The van der Waals surface area contributed by atoms with Crippen LogP contribution < -0.4 is 30.3 Å². The van der Waals surface area contributed by atoms with Gasteiger partial charge in [0.25, 0.3) is 5.69 Å². The number of nitrogens with two attached hydrogens (primary N) is 2. The van der Waals surface area contributed by atoms with Gasteiger partial charge < -0.3 is 36.9 Å². The van der Waals surface area contributed by atoms with Crippen LogP contribution in [0.4, 0.5) is 17.1 Å². The normalized spacial score (nSPS) is 9.77. The maximum Gasteiger partial charge on any atom is 1.00 e. The van der Waals surface area contributed by atoms with Crippen molar-refractivity contribution in [3.05, 3.63) is 181 Å². The predicted octanol–water partition coefficient (Wildman–Crippen LogP) is 6.09. The monoisotopic (exact) mass is 1120 g/mol. The van der Waals surface area contributed by atoms with E-state index >= 15 is 0 Å². The Kier molecular flexibility index (Phi) is 32.9. The molecule has 424 valence electrons. The van der Waals surface area contributed by atoms with Crippen LogP contribution in [0.1, 0.15) is 151 Å². The molecular formula is C59H69AlLiN5O15. The standard InChI is InChI=1S/C14H15NO2.C13H15NO.C9H7NO5.2C9H9NO3.C5H10O.Al.Li.4H/c1-9(2)12-6-4-10-8-11(14(16)17-3)5-7-13(10)15-12;1-9(2)12-6-4-11-7-10(8-15)3-5-13(11)14-12;1-15-9(12)6-2-3-8(10(13)14)7(4-6)5-11;2*1-13-9(12)6-2-3-8(10)7(4-6)5-11;1-4(2)5(3)6;;;;;;/h4-9H,1-3H3;3-7,9,15H,8H2,1-2H3;2-5H,1H3;2*2-5H,10H2,1H3;4H,1-3H3;;;;;;/q;;;;;;;+1;;;;-1. The Morgan fingerprint density at radius 1 is 0.556 bits per heavy atom. The number of pyridine rings is 2. The number of esters is 4. The minimum absolute atomic E-state index is 0. The van der Waals surface area contributed by atoms with Crippen molar-refractivity contribution in [2.24, 2.45) is 5.92 Å². The molecule has 5 aromatic carbocycles. The van der Waals surface area contributed by atoms with Crippen molar-refractivity contribution in [3.63, 3.8) is 0 Å². The van der Waals surface area contributed by atoms with E-state index in [-0.39, 0.29) is 78.7 Å². The molecule has 0 unspecified atom stereocenters. The van der Waals surface area contributed by atoms with E-state index in [1.807, 2.05) is 56.3 Å². The van der Waals surface area contributed by atoms with Crippen molar-refractivity contribution >= 4 is 105 Å². The molecule has 5 N–H and O–H groups in total. The number of nitro groups is 1. The maximum absolute atomic E-state index is 11.4. The van der Waals surface area contributed by atoms with Crippen molar-refractivity contribution in [3.8, 4) is 0 Å². The van der Waals surface area contributed by atoms with Gasteiger partial charge in [0.15, 0.2) is 36.2 Å². The van der Waals surface area contributed by atoms with Crippen LogP contribution in [0.2, 0.25) is 0 Å². The summed E-state index contributed by atoms with van der Waals surface area (Å²) in [6, 6.07) is 31.6. The Hall–Kier alpha value is -8.43. The fraction of sp³-hybridized carbons (Fsp3) is 0.254. The average Bonchev–Trinajstić information content (AvgIpc) is 3.46. The first-order valence-corrected chi connectivity index (χ1v) is 24.1. The van der Waals surface area contributed by atoms with Crippen LogP contribution in [0.5, 0.6) is 0 Å². The van der Waals surface area contributed by atoms with Gasteiger partial charge in [-0.3, -0.25) is 39.3 Å². The van der Waals surface area contributed by atoms with Gasteiger partial charge in [0, 0.05) is 56.6 Å². The van der Waals surface area contributed by atoms with Gasteiger partial charge in [-0.1, -0.05) is 59.7 Å². The second-order valence-electron chi connectivity index (χ2n) is 17.7. The average molecular weight is 1120 g/mol. The Morgan fingerprint density at radius 3 is 1.22 bits per heavy atom. The zero-order valence-electron chi connectivity index (χ0n) is 47.8. The van der Waals surface area contributed by atoms with E-state index in [0.29, 0.717) is 69.9 Å². The molecule has 0 fully saturated rings. The van der Waals surface area contributed by atoms with Crippen molar-refractivity contribution in [2.75, 3.05) is 39.9 Å². The molecule has 0 saturated carbocycles. The minimum atomic E-state index is -0.690. The van der Waals surface area contributed by atoms with E-state index < -0.39 is 22.8 Å². The van der Waals surface area contributed by atoms with Gasteiger partial charge >= 0.3 is 42.7 Å². The van der Waals surface area contributed by atoms with Gasteiger partial charge in [-0.05, 0) is 115 Å². The fourth-order valence-corrected chi connectivity index (χ4v) is 6.22. The Bertz CT molecular complexity index is 3240. The number of hydrogen-bond acceptors (Lipinski definition) is 19. The van der Waals surface area contributed by atoms with Crippen LogP contribution in [0.25, 0.3) is 21.8 Å². The molecule has 81 heavy (non-hydrogen) atoms. The number of Topliss-reactive ketones (excluding diaryl/α,β-unsaturated/α-hetero) is 1. The van der Waals surface area contributed by atoms with Crippen LogP contribution in [0.3, 0.4) is 0 Å². The number of hydrogen-bond donors (Lipinski definition) is 3. The number of aliphatic hydroxyl groups excluding tert-OH is 1. The zero-order chi connectivity index (χ0) is 59.5. The van der Waals surface area contributed by atoms with Crippen molar-refractivity contribution in [1.82, 2.24) is 9.97 Å². The van der Waals surface area contributed by atoms with E-state index in [1.54, 1.807) is 19.1 Å². The molecule has 0 radical (unpaired) electrons. The number of nitrogens with zero attached hydrogens (tertiary/aromatic N) is 3. The van der Waals surface area contributed by atoms with Crippen molar-refractivity contribution in [2.45, 2.75) is 66.9 Å². The molecule has 0 atom stereocenters. The van der Waals surface area contributed by atoms with Gasteiger partial charge in [0.2, 0.25) is 0 Å². The van der Waals surface area contributed by atoms with Crippen LogP contribution in [-0.4, -0.2) is 114 Å². The third-order valence-corrected chi connectivity index (χ3v) is 11.1. The smallest absolute Gasteiger partial charge is 1.00 e. The summed E-state index contributed by atoms with van der Waals surface area (Å²) in [6.45, 7) is 14.0. The maximum atomic E-state index is 11.4. The third-order valence-electron chi connectivity index (χ3n) is 11.1. The predicted molar refractivity (Wildman–Crippen MR) is 310 cm³/mol. The number of methoxy groups -OCH3 is 4. The molecule has 0 aliphatic heterocycles. The molecule has 7 rings (SSSR count). The molecule has 2 heterocycles. The van der Waals surface area contributed by atoms with E-state index in [9.17, 15) is 48.5 Å². The zero-order valence-corrected chi connectivity index (χ0v) is 46.8. The molecule has 0 aliphatic rings. The number of anilines is 2. The van der Waals surface area contributed by atoms with E-state index in [1.165, 1.54) is 70.9 Å². The van der Waals surface area contributed by atoms with Crippen molar-refractivity contribution in [1.29, 1.82) is 0 Å². The molecule has 0 spiro atoms. The second-order valence-corrected chi connectivity index (χ2v) is 17.7. The molecule has 7 aromatic rings. The largest absolute Gasteiger partial charge is 1.00 e. The summed E-state index contributed by atoms with van der Waals surface area (Å²) in [6.07, 6.45) is 1.52. The SMILES string of the molecule is CC(=O)C(C)C.CC(C)c1ccc2cc(CO)ccc2n1.COC(=O)c1ccc(N)c(C=O)c1.COC(=O)c1ccc(N)c(C=O)c1.COC(=O)c1ccc([N+](=O)[O-])c(C=O)c1.COC(=O)c1ccc2nc(C(C)C)ccc2c1.[AlH3].[H-].[Li+]. The molecule has 0 bridgehead atoms. The topological polar surface area (TPSA) is 315 Å². The number of carbonyl (C=O) groups excluding carboxylic acids is 8. The number of nitrogen functional groups attached to an aromatic ring is 2. The summed E-state index contributed by atoms with van der Waals surface area (Å²) in [4.78, 5) is 105. The van der Waals surface area contributed by atoms with Crippen LogP contribution in [0.15, 0.2) is 115 Å². The number of aromatic nitrogens is 2. The Morgan fingerprint density at radius 2 is 0.889 bits per heavy atom. The first kappa shape index (κ1) is 72.6. The summed E-state index contributed by atoms with van der Waals surface area (Å²) in [5.74, 6) is -0.606. The van der Waals surface area contributed by atoms with Gasteiger partial charge in [-0.15, -0.1) is 0 Å². The molecule has 22 heteroatoms. The molecule has 0 amide bonds. The van der Waals surface area contributed by atoms with Gasteiger partial charge in [-0.25, -0.2) is 19.2 Å². The Balaban J connectivity index is 0. The van der Waals surface area contributed by atoms with E-state index in [4.69, 9.17) is 16.6 Å². The molecular weight excluding hydrogens is 1050 g/mol. The van der Waals surface area contributed by atoms with Gasteiger partial charge in [0.05, 0.1) is 78.8 Å². The number of aliphatic hydroxyl groups is 1. The van der Waals surface area contributed by atoms with Crippen LogP contribution in [0, 0.1) is 16.0 Å². The van der Waals surface area contributed by atoms with E-state index in [0.717, 1.165) is 50.9 Å². The summed E-state index contributed by atoms with van der Waals surface area (Å²) < 4.78 is 18.1. The van der Waals surface area contributed by atoms with Crippen LogP contribution >= 0.6 is 0 Å². The molecule has 0 saturated heterocycles. The number of carbonyl (C=O) groups is 8. The summed E-state index contributed by atoms with van der Waals surface area (Å²) in [5.41, 5.74) is 18.0. The first-order valence-electron chi connectivity index (χ1n) is 24.1. The van der Waals surface area contributed by atoms with E-state index in [2.05, 4.69) is 62.7 Å². The van der Waals surface area contributed by atoms with Crippen molar-refractivity contribution < 1.29 is 87.6 Å². The number of aldehydes is 3. The molecule has 0 aliphatic carbocycles. The second kappa shape index (κ2) is 36.7. The van der Waals surface area contributed by atoms with Gasteiger partial charge in [-0.2, -0.15) is 0 Å². The van der Waals surface area contributed by atoms with Gasteiger partial charge in [0.1, 0.15) is 5.78 Å². The number of ketones is 1. The quantitative estimate of drug-likeness (QED) is 0.0237. The third kappa shape index (κ3) is 23.1. The summed E-state index contributed by atoms with van der Waals surface area (Å²) in [5, 5.41) is 21.5. The number of rotatable bonds is 12. The summed E-state index contributed by atoms with van der Waals surface area (Å²) in [7, 11) is 5.12. The fourth-order valence-electron chi connectivity index (χ4n) is 6.22. The molecule has 20 nitrogen and oxygen atoms in total. The number of benzene rings is 5. The van der Waals surface area contributed by atoms with Crippen LogP contribution in [-0.2, 0) is 30.3 Å². The molecule has 2 aromatic heterocycles. The summed E-state index contributed by atoms with van der Waals surface area (Å²) >= 11 is 0.